The molecule has 0 fully saturated rings. The maximum atomic E-state index is 9.98. The molecule has 0 aromatic rings. The Morgan fingerprint density at radius 3 is 2.00 bits per heavy atom. The van der Waals surface area contributed by atoms with Crippen LogP contribution in [0.1, 0.15) is 32.6 Å². The Balaban J connectivity index is 3.79. The molecule has 5 nitrogen and oxygen atoms in total. The van der Waals surface area contributed by atoms with Crippen molar-refractivity contribution in [3.63, 3.8) is 0 Å². The zero-order valence-corrected chi connectivity index (χ0v) is 10.1. The van der Waals surface area contributed by atoms with Crippen molar-refractivity contribution in [2.45, 2.75) is 57.0 Å². The van der Waals surface area contributed by atoms with E-state index in [0.717, 1.165) is 0 Å². The molecule has 0 heterocycles. The van der Waals surface area contributed by atoms with Crippen molar-refractivity contribution >= 4 is 6.29 Å². The number of rotatable bonds is 9. The molecule has 0 saturated heterocycles. The van der Waals surface area contributed by atoms with Crippen LogP contribution in [-0.4, -0.2) is 51.1 Å². The highest BCUT2D eigenvalue weighted by Gasteiger charge is 2.16. The van der Waals surface area contributed by atoms with E-state index in [1.807, 2.05) is 0 Å². The Kier molecular flexibility index (Phi) is 8.89. The summed E-state index contributed by atoms with van der Waals surface area (Å²) in [6, 6.07) is 0. The summed E-state index contributed by atoms with van der Waals surface area (Å²) >= 11 is 0. The van der Waals surface area contributed by atoms with Gasteiger partial charge < -0.3 is 20.4 Å². The van der Waals surface area contributed by atoms with Gasteiger partial charge in [0, 0.05) is 0 Å². The van der Waals surface area contributed by atoms with Crippen LogP contribution in [0.15, 0.2) is 12.2 Å². The zero-order chi connectivity index (χ0) is 13.3. The molecule has 0 rings (SSSR count). The van der Waals surface area contributed by atoms with Gasteiger partial charge in [0.15, 0.2) is 0 Å². The number of hydrogen-bond donors (Lipinski definition) is 4. The van der Waals surface area contributed by atoms with Crippen LogP contribution in [0.2, 0.25) is 0 Å². The van der Waals surface area contributed by atoms with Gasteiger partial charge in [0.1, 0.15) is 6.29 Å². The minimum Gasteiger partial charge on any atom is -0.393 e. The van der Waals surface area contributed by atoms with Gasteiger partial charge in [0.25, 0.3) is 0 Å². The molecule has 0 aliphatic carbocycles. The minimum absolute atomic E-state index is 0.124. The second-order valence-electron chi connectivity index (χ2n) is 4.32. The molecular formula is C12H22O5. The van der Waals surface area contributed by atoms with Gasteiger partial charge in [-0.05, 0) is 38.7 Å². The molecule has 0 aromatic heterocycles. The molecule has 0 aromatic carbocycles. The SMILES string of the molecule is CC(O)CC(O)CC(O)CC(O)CC=CC=O. The van der Waals surface area contributed by atoms with E-state index in [9.17, 15) is 20.1 Å². The summed E-state index contributed by atoms with van der Waals surface area (Å²) < 4.78 is 0. The van der Waals surface area contributed by atoms with Crippen molar-refractivity contribution in [1.29, 1.82) is 0 Å². The lowest BCUT2D eigenvalue weighted by Crippen LogP contribution is -2.24. The van der Waals surface area contributed by atoms with Crippen molar-refractivity contribution in [3.8, 4) is 0 Å². The van der Waals surface area contributed by atoms with Crippen LogP contribution in [0.5, 0.6) is 0 Å². The topological polar surface area (TPSA) is 98.0 Å². The van der Waals surface area contributed by atoms with Crippen LogP contribution in [0.4, 0.5) is 0 Å². The third kappa shape index (κ3) is 10.1. The molecule has 100 valence electrons. The van der Waals surface area contributed by atoms with Crippen molar-refractivity contribution in [3.05, 3.63) is 12.2 Å². The molecule has 5 heteroatoms. The standard InChI is InChI=1S/C12H22O5/c1-9(14)6-11(16)8-12(17)7-10(15)4-2-3-5-13/h2-3,5,9-12,14-17H,4,6-8H2,1H3. The predicted molar refractivity (Wildman–Crippen MR) is 63.4 cm³/mol. The highest BCUT2D eigenvalue weighted by molar-refractivity contribution is 5.64. The van der Waals surface area contributed by atoms with Crippen LogP contribution in [0.3, 0.4) is 0 Å². The monoisotopic (exact) mass is 246 g/mol. The van der Waals surface area contributed by atoms with Crippen molar-refractivity contribution < 1.29 is 25.2 Å². The lowest BCUT2D eigenvalue weighted by Gasteiger charge is -2.18. The number of aliphatic hydroxyl groups excluding tert-OH is 4. The van der Waals surface area contributed by atoms with E-state index in [0.29, 0.717) is 12.7 Å². The summed E-state index contributed by atoms with van der Waals surface area (Å²) in [5, 5.41) is 37.5. The van der Waals surface area contributed by atoms with Crippen molar-refractivity contribution in [2.75, 3.05) is 0 Å². The molecule has 17 heavy (non-hydrogen) atoms. The molecule has 4 unspecified atom stereocenters. The van der Waals surface area contributed by atoms with Gasteiger partial charge in [-0.25, -0.2) is 0 Å². The highest BCUT2D eigenvalue weighted by atomic mass is 16.3. The Labute approximate surface area is 101 Å². The van der Waals surface area contributed by atoms with Crippen LogP contribution < -0.4 is 0 Å². The largest absolute Gasteiger partial charge is 0.393 e. The Hall–Kier alpha value is -0.750. The molecule has 0 amide bonds. The van der Waals surface area contributed by atoms with Gasteiger partial charge in [0.2, 0.25) is 0 Å². The lowest BCUT2D eigenvalue weighted by atomic mass is 10.0. The van der Waals surface area contributed by atoms with Gasteiger partial charge in [-0.2, -0.15) is 0 Å². The van der Waals surface area contributed by atoms with Crippen LogP contribution in [0.25, 0.3) is 0 Å². The molecule has 4 atom stereocenters. The molecule has 0 radical (unpaired) electrons. The number of aliphatic hydroxyl groups is 4. The first-order valence-corrected chi connectivity index (χ1v) is 5.78. The summed E-state index contributed by atoms with van der Waals surface area (Å²) in [5.74, 6) is 0. The average molecular weight is 246 g/mol. The lowest BCUT2D eigenvalue weighted by molar-refractivity contribution is -0.104. The maximum absolute atomic E-state index is 9.98. The third-order valence-corrected chi connectivity index (χ3v) is 2.32. The first-order valence-electron chi connectivity index (χ1n) is 5.78. The first kappa shape index (κ1) is 16.2. The zero-order valence-electron chi connectivity index (χ0n) is 10.1. The third-order valence-electron chi connectivity index (χ3n) is 2.32. The molecule has 0 bridgehead atoms. The van der Waals surface area contributed by atoms with Crippen molar-refractivity contribution in [1.82, 2.24) is 0 Å². The smallest absolute Gasteiger partial charge is 0.142 e. The number of allylic oxidation sites excluding steroid dienone is 1. The molecule has 0 spiro atoms. The number of aldehydes is 1. The van der Waals surface area contributed by atoms with E-state index in [1.165, 1.54) is 12.2 Å². The Morgan fingerprint density at radius 1 is 0.941 bits per heavy atom. The number of carbonyl (C=O) groups excluding carboxylic acids is 1. The fourth-order valence-electron chi connectivity index (χ4n) is 1.60. The van der Waals surface area contributed by atoms with E-state index in [2.05, 4.69) is 0 Å². The van der Waals surface area contributed by atoms with Crippen LogP contribution >= 0.6 is 0 Å². The summed E-state index contributed by atoms with van der Waals surface area (Å²) in [7, 11) is 0. The summed E-state index contributed by atoms with van der Waals surface area (Å²) in [6.07, 6.45) is 1.26. The highest BCUT2D eigenvalue weighted by Crippen LogP contribution is 2.11. The van der Waals surface area contributed by atoms with Crippen LogP contribution in [0, 0.1) is 0 Å². The fourth-order valence-corrected chi connectivity index (χ4v) is 1.60. The quantitative estimate of drug-likeness (QED) is 0.333. The van der Waals surface area contributed by atoms with Crippen LogP contribution in [-0.2, 0) is 4.79 Å². The van der Waals surface area contributed by atoms with Gasteiger partial charge >= 0.3 is 0 Å². The van der Waals surface area contributed by atoms with E-state index in [-0.39, 0.29) is 19.3 Å². The Morgan fingerprint density at radius 2 is 1.47 bits per heavy atom. The number of carbonyl (C=O) groups is 1. The van der Waals surface area contributed by atoms with E-state index < -0.39 is 24.4 Å². The van der Waals surface area contributed by atoms with Gasteiger partial charge in [-0.3, -0.25) is 4.79 Å². The predicted octanol–water partition coefficient (Wildman–Crippen LogP) is -0.235. The van der Waals surface area contributed by atoms with E-state index in [1.54, 1.807) is 6.92 Å². The molecule has 0 aliphatic heterocycles. The average Bonchev–Trinajstić information content (AvgIpc) is 2.15. The molecular weight excluding hydrogens is 224 g/mol. The van der Waals surface area contributed by atoms with Gasteiger partial charge in [-0.15, -0.1) is 0 Å². The Bertz CT molecular complexity index is 227. The summed E-state index contributed by atoms with van der Waals surface area (Å²) in [5.41, 5.74) is 0. The first-order chi connectivity index (χ1) is 7.95. The second kappa shape index (κ2) is 9.30. The second-order valence-corrected chi connectivity index (χ2v) is 4.32. The summed E-state index contributed by atoms with van der Waals surface area (Å²) in [6.45, 7) is 1.56. The molecule has 0 saturated carbocycles. The molecule has 0 aliphatic rings. The van der Waals surface area contributed by atoms with Gasteiger partial charge in [0.05, 0.1) is 24.4 Å². The van der Waals surface area contributed by atoms with E-state index in [4.69, 9.17) is 5.11 Å². The number of hydrogen-bond acceptors (Lipinski definition) is 5. The summed E-state index contributed by atoms with van der Waals surface area (Å²) in [4.78, 5) is 9.98. The van der Waals surface area contributed by atoms with Crippen molar-refractivity contribution in [2.24, 2.45) is 0 Å². The normalized spacial score (nSPS) is 18.9. The fraction of sp³-hybridized carbons (Fsp3) is 0.750. The van der Waals surface area contributed by atoms with Gasteiger partial charge in [-0.1, -0.05) is 6.08 Å². The van der Waals surface area contributed by atoms with E-state index >= 15 is 0 Å². The maximum Gasteiger partial charge on any atom is 0.142 e. The minimum atomic E-state index is -0.816. The molecule has 4 N–H and O–H groups in total.